The van der Waals surface area contributed by atoms with E-state index >= 15 is 0 Å². The largest absolute Gasteiger partial charge is 0.480 e. The number of nitrogens with one attached hydrogen (secondary N) is 1. The number of carboxylic acids is 1. The van der Waals surface area contributed by atoms with Gasteiger partial charge in [-0.05, 0) is 50.9 Å². The predicted molar refractivity (Wildman–Crippen MR) is 76.5 cm³/mol. The van der Waals surface area contributed by atoms with Gasteiger partial charge in [-0.15, -0.1) is 0 Å². The summed E-state index contributed by atoms with van der Waals surface area (Å²) in [6.07, 6.45) is 5.47. The lowest BCUT2D eigenvalue weighted by Crippen LogP contribution is -2.56. The molecule has 5 nitrogen and oxygen atoms in total. The van der Waals surface area contributed by atoms with Crippen LogP contribution in [0.3, 0.4) is 0 Å². The van der Waals surface area contributed by atoms with Gasteiger partial charge < -0.3 is 15.3 Å². The van der Waals surface area contributed by atoms with Gasteiger partial charge in [-0.2, -0.15) is 0 Å². The average Bonchev–Trinajstić information content (AvgIpc) is 2.75. The summed E-state index contributed by atoms with van der Waals surface area (Å²) in [5.41, 5.74) is -0.678. The number of urea groups is 1. The van der Waals surface area contributed by atoms with Crippen molar-refractivity contribution in [1.82, 2.24) is 10.2 Å². The Morgan fingerprint density at radius 1 is 1.15 bits per heavy atom. The summed E-state index contributed by atoms with van der Waals surface area (Å²) in [6.45, 7) is 6.69. The van der Waals surface area contributed by atoms with Crippen molar-refractivity contribution in [3.05, 3.63) is 0 Å². The van der Waals surface area contributed by atoms with Crippen LogP contribution < -0.4 is 5.32 Å². The highest BCUT2D eigenvalue weighted by molar-refractivity contribution is 5.86. The van der Waals surface area contributed by atoms with Crippen LogP contribution >= 0.6 is 0 Å². The maximum atomic E-state index is 12.3. The van der Waals surface area contributed by atoms with Crippen LogP contribution in [-0.2, 0) is 4.79 Å². The molecule has 2 N–H and O–H groups in total. The Kier molecular flexibility index (Phi) is 3.98. The summed E-state index contributed by atoms with van der Waals surface area (Å²) in [5.74, 6) is -0.907. The monoisotopic (exact) mass is 282 g/mol. The van der Waals surface area contributed by atoms with Crippen molar-refractivity contribution in [3.8, 4) is 0 Å². The molecule has 0 aromatic rings. The van der Waals surface area contributed by atoms with Crippen molar-refractivity contribution < 1.29 is 14.7 Å². The second kappa shape index (κ2) is 5.26. The van der Waals surface area contributed by atoms with Gasteiger partial charge in [0.05, 0.1) is 0 Å². The van der Waals surface area contributed by atoms with Crippen molar-refractivity contribution in [2.45, 2.75) is 70.9 Å². The lowest BCUT2D eigenvalue weighted by atomic mass is 9.75. The second-order valence-electron chi connectivity index (χ2n) is 7.22. The highest BCUT2D eigenvalue weighted by atomic mass is 16.4. The highest BCUT2D eigenvalue weighted by Gasteiger charge is 2.46. The number of amides is 2. The number of likely N-dealkylation sites (tertiary alicyclic amines) is 1. The van der Waals surface area contributed by atoms with E-state index in [1.54, 1.807) is 6.92 Å². The molecule has 0 radical (unpaired) electrons. The molecule has 1 saturated heterocycles. The summed E-state index contributed by atoms with van der Waals surface area (Å²) in [7, 11) is 0. The minimum absolute atomic E-state index is 0.189. The molecule has 2 rings (SSSR count). The summed E-state index contributed by atoms with van der Waals surface area (Å²) in [5, 5.41) is 12.4. The SMILES string of the molecule is CC1(C)CCC(NC(=O)N2CCCC2(C)C(=O)O)CC1. The van der Waals surface area contributed by atoms with Crippen molar-refractivity contribution in [2.75, 3.05) is 6.54 Å². The first kappa shape index (κ1) is 15.1. The molecule has 5 heteroatoms. The number of carbonyl (C=O) groups is 2. The molecule has 0 spiro atoms. The quantitative estimate of drug-likeness (QED) is 0.818. The Morgan fingerprint density at radius 3 is 2.30 bits per heavy atom. The normalized spacial score (nSPS) is 30.2. The molecule has 0 bridgehead atoms. The number of aliphatic carboxylic acids is 1. The Morgan fingerprint density at radius 2 is 1.75 bits per heavy atom. The fraction of sp³-hybridized carbons (Fsp3) is 0.867. The van der Waals surface area contributed by atoms with Crippen LogP contribution in [0.15, 0.2) is 0 Å². The summed E-state index contributed by atoms with van der Waals surface area (Å²) >= 11 is 0. The lowest BCUT2D eigenvalue weighted by Gasteiger charge is -2.37. The second-order valence-corrected chi connectivity index (χ2v) is 7.22. The number of carboxylic acid groups (broad SMARTS) is 1. The average molecular weight is 282 g/mol. The van der Waals surface area contributed by atoms with E-state index in [4.69, 9.17) is 0 Å². The van der Waals surface area contributed by atoms with Crippen LogP contribution in [0.4, 0.5) is 4.79 Å². The molecule has 20 heavy (non-hydrogen) atoms. The third-order valence-corrected chi connectivity index (χ3v) is 5.01. The minimum Gasteiger partial charge on any atom is -0.480 e. The molecule has 2 fully saturated rings. The van der Waals surface area contributed by atoms with Gasteiger partial charge in [0.25, 0.3) is 0 Å². The molecule has 0 aromatic carbocycles. The van der Waals surface area contributed by atoms with Gasteiger partial charge in [0.15, 0.2) is 0 Å². The van der Waals surface area contributed by atoms with E-state index in [1.165, 1.54) is 4.90 Å². The van der Waals surface area contributed by atoms with E-state index in [0.29, 0.717) is 18.4 Å². The van der Waals surface area contributed by atoms with E-state index < -0.39 is 11.5 Å². The summed E-state index contributed by atoms with van der Waals surface area (Å²) in [4.78, 5) is 25.2. The van der Waals surface area contributed by atoms with E-state index in [-0.39, 0.29) is 12.1 Å². The van der Waals surface area contributed by atoms with E-state index in [2.05, 4.69) is 19.2 Å². The molecule has 1 saturated carbocycles. The van der Waals surface area contributed by atoms with Crippen molar-refractivity contribution in [2.24, 2.45) is 5.41 Å². The van der Waals surface area contributed by atoms with E-state index in [0.717, 1.165) is 32.1 Å². The predicted octanol–water partition coefficient (Wildman–Crippen LogP) is 2.60. The van der Waals surface area contributed by atoms with Crippen molar-refractivity contribution >= 4 is 12.0 Å². The summed E-state index contributed by atoms with van der Waals surface area (Å²) in [6, 6.07) is -0.0220. The molecule has 114 valence electrons. The zero-order chi connectivity index (χ0) is 15.0. The number of nitrogens with zero attached hydrogens (tertiary/aromatic N) is 1. The Bertz CT molecular complexity index is 398. The lowest BCUT2D eigenvalue weighted by molar-refractivity contribution is -0.147. The first-order valence-electron chi connectivity index (χ1n) is 7.56. The molecule has 1 aliphatic heterocycles. The molecule has 1 aliphatic carbocycles. The smallest absolute Gasteiger partial charge is 0.329 e. The van der Waals surface area contributed by atoms with Crippen LogP contribution in [0.25, 0.3) is 0 Å². The first-order valence-corrected chi connectivity index (χ1v) is 7.56. The topological polar surface area (TPSA) is 69.6 Å². The van der Waals surface area contributed by atoms with Crippen LogP contribution in [-0.4, -0.2) is 40.1 Å². The molecular formula is C15H26N2O3. The van der Waals surface area contributed by atoms with Gasteiger partial charge in [-0.3, -0.25) is 0 Å². The third kappa shape index (κ3) is 2.91. The van der Waals surface area contributed by atoms with Crippen molar-refractivity contribution in [3.63, 3.8) is 0 Å². The molecule has 1 heterocycles. The standard InChI is InChI=1S/C15H26N2O3/c1-14(2)8-5-11(6-9-14)16-13(20)17-10-4-7-15(17,3)12(18)19/h11H,4-10H2,1-3H3,(H,16,20)(H,18,19). The van der Waals surface area contributed by atoms with E-state index in [9.17, 15) is 14.7 Å². The molecule has 0 aromatic heterocycles. The molecular weight excluding hydrogens is 256 g/mol. The maximum Gasteiger partial charge on any atom is 0.329 e. The Hall–Kier alpha value is -1.26. The number of hydrogen-bond donors (Lipinski definition) is 2. The minimum atomic E-state index is -1.04. The molecule has 1 unspecified atom stereocenters. The van der Waals surface area contributed by atoms with Crippen molar-refractivity contribution in [1.29, 1.82) is 0 Å². The maximum absolute atomic E-state index is 12.3. The van der Waals surface area contributed by atoms with Gasteiger partial charge in [0.1, 0.15) is 5.54 Å². The van der Waals surface area contributed by atoms with Crippen LogP contribution in [0.1, 0.15) is 59.3 Å². The third-order valence-electron chi connectivity index (χ3n) is 5.01. The first-order chi connectivity index (χ1) is 9.24. The molecule has 2 amide bonds. The fourth-order valence-corrected chi connectivity index (χ4v) is 3.31. The van der Waals surface area contributed by atoms with Gasteiger partial charge in [0, 0.05) is 12.6 Å². The number of carbonyl (C=O) groups excluding carboxylic acids is 1. The Balaban J connectivity index is 1.94. The van der Waals surface area contributed by atoms with Gasteiger partial charge in [0.2, 0.25) is 0 Å². The fourth-order valence-electron chi connectivity index (χ4n) is 3.31. The van der Waals surface area contributed by atoms with Crippen LogP contribution in [0, 0.1) is 5.41 Å². The van der Waals surface area contributed by atoms with Gasteiger partial charge in [-0.1, -0.05) is 13.8 Å². The Labute approximate surface area is 120 Å². The summed E-state index contributed by atoms with van der Waals surface area (Å²) < 4.78 is 0. The van der Waals surface area contributed by atoms with Gasteiger partial charge in [-0.25, -0.2) is 9.59 Å². The van der Waals surface area contributed by atoms with E-state index in [1.807, 2.05) is 0 Å². The highest BCUT2D eigenvalue weighted by Crippen LogP contribution is 2.35. The number of rotatable bonds is 2. The van der Waals surface area contributed by atoms with Gasteiger partial charge >= 0.3 is 12.0 Å². The number of hydrogen-bond acceptors (Lipinski definition) is 2. The van der Waals surface area contributed by atoms with Crippen LogP contribution in [0.2, 0.25) is 0 Å². The zero-order valence-electron chi connectivity index (χ0n) is 12.7. The zero-order valence-corrected chi connectivity index (χ0v) is 12.7. The molecule has 2 aliphatic rings. The molecule has 1 atom stereocenters. The van der Waals surface area contributed by atoms with Crippen LogP contribution in [0.5, 0.6) is 0 Å².